The quantitative estimate of drug-likeness (QED) is 0.885. The molecule has 0 radical (unpaired) electrons. The van der Waals surface area contributed by atoms with Gasteiger partial charge in [-0.1, -0.05) is 5.16 Å². The van der Waals surface area contributed by atoms with Crippen LogP contribution >= 0.6 is 0 Å². The summed E-state index contributed by atoms with van der Waals surface area (Å²) in [6.45, 7) is 7.72. The number of likely N-dealkylation sites (tertiary alicyclic amines) is 2. The van der Waals surface area contributed by atoms with E-state index in [1.807, 2.05) is 13.0 Å². The molecule has 0 bridgehead atoms. The number of aliphatic hydroxyl groups excluding tert-OH is 1. The Hall–Kier alpha value is -0.910. The van der Waals surface area contributed by atoms with E-state index in [0.717, 1.165) is 50.0 Å². The summed E-state index contributed by atoms with van der Waals surface area (Å²) in [6, 6.07) is 2.03. The molecule has 0 amide bonds. The highest BCUT2D eigenvalue weighted by atomic mass is 16.5. The molecular weight excluding hydrogens is 266 g/mol. The van der Waals surface area contributed by atoms with Gasteiger partial charge in [-0.2, -0.15) is 0 Å². The number of rotatable bonds is 5. The van der Waals surface area contributed by atoms with Crippen molar-refractivity contribution in [1.82, 2.24) is 15.0 Å². The summed E-state index contributed by atoms with van der Waals surface area (Å²) in [5, 5.41) is 13.6. The maximum atomic E-state index is 9.53. The minimum absolute atomic E-state index is 0.328. The molecule has 2 saturated heterocycles. The highest BCUT2D eigenvalue weighted by Crippen LogP contribution is 2.43. The molecule has 3 fully saturated rings. The second-order valence-electron chi connectivity index (χ2n) is 7.40. The first-order chi connectivity index (χ1) is 10.2. The number of aryl methyl sites for hydroxylation is 1. The molecule has 1 atom stereocenters. The highest BCUT2D eigenvalue weighted by molar-refractivity contribution is 5.12. The molecule has 21 heavy (non-hydrogen) atoms. The lowest BCUT2D eigenvalue weighted by Gasteiger charge is -2.53. The third-order valence-corrected chi connectivity index (χ3v) is 5.35. The van der Waals surface area contributed by atoms with Crippen molar-refractivity contribution in [3.05, 3.63) is 17.5 Å². The van der Waals surface area contributed by atoms with E-state index in [0.29, 0.717) is 18.1 Å². The molecule has 1 N–H and O–H groups in total. The second-order valence-corrected chi connectivity index (χ2v) is 7.40. The largest absolute Gasteiger partial charge is 0.396 e. The van der Waals surface area contributed by atoms with Crippen molar-refractivity contribution in [2.24, 2.45) is 11.8 Å². The van der Waals surface area contributed by atoms with Crippen LogP contribution in [0.4, 0.5) is 0 Å². The van der Waals surface area contributed by atoms with Gasteiger partial charge in [0.25, 0.3) is 0 Å². The van der Waals surface area contributed by atoms with E-state index in [1.54, 1.807) is 0 Å². The number of nitrogens with zero attached hydrogens (tertiary/aromatic N) is 3. The fourth-order valence-corrected chi connectivity index (χ4v) is 4.19. The van der Waals surface area contributed by atoms with Crippen molar-refractivity contribution in [2.45, 2.75) is 38.3 Å². The van der Waals surface area contributed by atoms with Crippen LogP contribution in [0, 0.1) is 18.8 Å². The monoisotopic (exact) mass is 291 g/mol. The molecule has 1 aliphatic carbocycles. The van der Waals surface area contributed by atoms with Crippen LogP contribution in [-0.4, -0.2) is 58.4 Å². The summed E-state index contributed by atoms with van der Waals surface area (Å²) < 4.78 is 5.15. The third kappa shape index (κ3) is 2.62. The maximum absolute atomic E-state index is 9.53. The average molecular weight is 291 g/mol. The van der Waals surface area contributed by atoms with Crippen LogP contribution in [0.5, 0.6) is 0 Å². The molecule has 1 aromatic rings. The molecule has 2 aliphatic heterocycles. The zero-order valence-electron chi connectivity index (χ0n) is 12.8. The van der Waals surface area contributed by atoms with Gasteiger partial charge in [0.1, 0.15) is 5.76 Å². The third-order valence-electron chi connectivity index (χ3n) is 5.35. The summed E-state index contributed by atoms with van der Waals surface area (Å²) in [5.74, 6) is 2.28. The smallest absolute Gasteiger partial charge is 0.133 e. The molecule has 3 heterocycles. The number of hydrogen-bond acceptors (Lipinski definition) is 5. The first-order valence-electron chi connectivity index (χ1n) is 8.17. The Morgan fingerprint density at radius 2 is 2.19 bits per heavy atom. The van der Waals surface area contributed by atoms with Crippen molar-refractivity contribution < 1.29 is 9.63 Å². The molecule has 0 aromatic carbocycles. The van der Waals surface area contributed by atoms with Crippen LogP contribution in [0.25, 0.3) is 0 Å². The van der Waals surface area contributed by atoms with Gasteiger partial charge >= 0.3 is 0 Å². The van der Waals surface area contributed by atoms with Gasteiger partial charge in [-0.05, 0) is 38.0 Å². The predicted octanol–water partition coefficient (Wildman–Crippen LogP) is 1.26. The van der Waals surface area contributed by atoms with Crippen molar-refractivity contribution in [3.63, 3.8) is 0 Å². The second kappa shape index (κ2) is 5.07. The predicted molar refractivity (Wildman–Crippen MR) is 78.7 cm³/mol. The molecule has 1 unspecified atom stereocenters. The molecule has 4 rings (SSSR count). The van der Waals surface area contributed by atoms with Gasteiger partial charge < -0.3 is 9.63 Å². The van der Waals surface area contributed by atoms with Crippen LogP contribution in [0.15, 0.2) is 10.6 Å². The molecule has 1 saturated carbocycles. The fourth-order valence-electron chi connectivity index (χ4n) is 4.19. The van der Waals surface area contributed by atoms with E-state index in [2.05, 4.69) is 15.0 Å². The first kappa shape index (κ1) is 13.7. The van der Waals surface area contributed by atoms with Crippen LogP contribution in [0.2, 0.25) is 0 Å². The zero-order chi connectivity index (χ0) is 14.4. The summed E-state index contributed by atoms with van der Waals surface area (Å²) in [5.41, 5.74) is 1.36. The molecule has 3 aliphatic rings. The van der Waals surface area contributed by atoms with E-state index in [4.69, 9.17) is 4.52 Å². The number of hydrogen-bond donors (Lipinski definition) is 1. The molecule has 5 heteroatoms. The lowest BCUT2D eigenvalue weighted by atomic mass is 9.84. The van der Waals surface area contributed by atoms with E-state index >= 15 is 0 Å². The van der Waals surface area contributed by atoms with Crippen LogP contribution in [0.1, 0.15) is 30.7 Å². The fraction of sp³-hybridized carbons (Fsp3) is 0.812. The van der Waals surface area contributed by atoms with E-state index in [1.165, 1.54) is 19.4 Å². The Bertz CT molecular complexity index is 505. The summed E-state index contributed by atoms with van der Waals surface area (Å²) in [7, 11) is 0. The Labute approximate surface area is 125 Å². The SMILES string of the molecule is Cc1cc(CN2CC3(CC(CO)CN3CC3CC3)C2)no1. The van der Waals surface area contributed by atoms with Crippen molar-refractivity contribution in [3.8, 4) is 0 Å². The van der Waals surface area contributed by atoms with Gasteiger partial charge in [0, 0.05) is 50.9 Å². The summed E-state index contributed by atoms with van der Waals surface area (Å²) >= 11 is 0. The lowest BCUT2D eigenvalue weighted by molar-refractivity contribution is -0.0373. The van der Waals surface area contributed by atoms with Gasteiger partial charge in [-0.15, -0.1) is 0 Å². The van der Waals surface area contributed by atoms with Crippen LogP contribution in [0.3, 0.4) is 0 Å². The van der Waals surface area contributed by atoms with Gasteiger partial charge in [0.15, 0.2) is 0 Å². The number of aliphatic hydroxyl groups is 1. The van der Waals surface area contributed by atoms with Crippen molar-refractivity contribution in [2.75, 3.05) is 32.8 Å². The normalized spacial score (nSPS) is 29.1. The Balaban J connectivity index is 1.38. The zero-order valence-corrected chi connectivity index (χ0v) is 12.8. The van der Waals surface area contributed by atoms with E-state index in [-0.39, 0.29) is 0 Å². The topological polar surface area (TPSA) is 52.7 Å². The Kier molecular flexibility index (Phi) is 3.32. The Morgan fingerprint density at radius 3 is 2.81 bits per heavy atom. The van der Waals surface area contributed by atoms with Crippen molar-refractivity contribution >= 4 is 0 Å². The standard InChI is InChI=1S/C16H25N3O2/c1-12-4-15(17-21-12)8-18-10-16(11-18)5-14(9-20)7-19(16)6-13-2-3-13/h4,13-14,20H,2-3,5-11H2,1H3. The first-order valence-corrected chi connectivity index (χ1v) is 8.17. The maximum Gasteiger partial charge on any atom is 0.133 e. The van der Waals surface area contributed by atoms with Crippen LogP contribution in [-0.2, 0) is 6.54 Å². The minimum Gasteiger partial charge on any atom is -0.396 e. The summed E-state index contributed by atoms with van der Waals surface area (Å²) in [4.78, 5) is 5.13. The van der Waals surface area contributed by atoms with Gasteiger partial charge in [0.2, 0.25) is 0 Å². The Morgan fingerprint density at radius 1 is 1.38 bits per heavy atom. The van der Waals surface area contributed by atoms with E-state index in [9.17, 15) is 5.11 Å². The van der Waals surface area contributed by atoms with Crippen molar-refractivity contribution in [1.29, 1.82) is 0 Å². The minimum atomic E-state index is 0.328. The van der Waals surface area contributed by atoms with Gasteiger partial charge in [-0.25, -0.2) is 0 Å². The van der Waals surface area contributed by atoms with Gasteiger partial charge in [0.05, 0.1) is 5.69 Å². The molecular formula is C16H25N3O2. The molecule has 1 aromatic heterocycles. The van der Waals surface area contributed by atoms with E-state index < -0.39 is 0 Å². The summed E-state index contributed by atoms with van der Waals surface area (Å²) in [6.07, 6.45) is 3.96. The average Bonchev–Trinajstić information content (AvgIpc) is 3.03. The molecule has 1 spiro atoms. The highest BCUT2D eigenvalue weighted by Gasteiger charge is 2.53. The van der Waals surface area contributed by atoms with Gasteiger partial charge in [-0.3, -0.25) is 9.80 Å². The number of aromatic nitrogens is 1. The van der Waals surface area contributed by atoms with Crippen LogP contribution < -0.4 is 0 Å². The molecule has 5 nitrogen and oxygen atoms in total. The lowest BCUT2D eigenvalue weighted by Crippen LogP contribution is -2.67. The molecule has 116 valence electrons.